The van der Waals surface area contributed by atoms with E-state index in [2.05, 4.69) is 15.9 Å². The number of carbonyl (C=O) groups excluding carboxylic acids is 2. The van der Waals surface area contributed by atoms with E-state index in [1.807, 2.05) is 6.92 Å². The predicted molar refractivity (Wildman–Crippen MR) is 88.7 cm³/mol. The summed E-state index contributed by atoms with van der Waals surface area (Å²) in [7, 11) is 1.44. The number of carbonyl (C=O) groups is 2. The molecule has 120 valence electrons. The smallest absolute Gasteiger partial charge is 0.347 e. The minimum atomic E-state index is -0.577. The number of benzene rings is 2. The standard InChI is InChI=1S/C17H15BrO5/c1-3-22-14-7-5-12(18)9-13(14)17(20)23-15-6-4-11(10-19)8-16(15)21-2/h4-10H,3H2,1-2H3. The van der Waals surface area contributed by atoms with Gasteiger partial charge in [0.2, 0.25) is 0 Å². The number of aldehydes is 1. The molecule has 23 heavy (non-hydrogen) atoms. The molecule has 0 heterocycles. The second-order valence-electron chi connectivity index (χ2n) is 4.49. The van der Waals surface area contributed by atoms with Crippen LogP contribution in [-0.4, -0.2) is 26.0 Å². The minimum absolute atomic E-state index is 0.227. The van der Waals surface area contributed by atoms with Gasteiger partial charge < -0.3 is 14.2 Å². The molecular weight excluding hydrogens is 364 g/mol. The molecule has 0 aliphatic rings. The van der Waals surface area contributed by atoms with Crippen LogP contribution >= 0.6 is 15.9 Å². The molecule has 0 bridgehead atoms. The van der Waals surface area contributed by atoms with Crippen molar-refractivity contribution in [3.8, 4) is 17.2 Å². The van der Waals surface area contributed by atoms with Gasteiger partial charge in [0.25, 0.3) is 0 Å². The van der Waals surface area contributed by atoms with E-state index < -0.39 is 5.97 Å². The van der Waals surface area contributed by atoms with Crippen LogP contribution in [0.2, 0.25) is 0 Å². The number of esters is 1. The summed E-state index contributed by atoms with van der Waals surface area (Å²) in [6.45, 7) is 2.26. The summed E-state index contributed by atoms with van der Waals surface area (Å²) < 4.78 is 16.7. The molecule has 2 aromatic rings. The maximum atomic E-state index is 12.4. The Morgan fingerprint density at radius 2 is 1.87 bits per heavy atom. The lowest BCUT2D eigenvalue weighted by Crippen LogP contribution is -2.11. The Bertz CT molecular complexity index is 727. The minimum Gasteiger partial charge on any atom is -0.493 e. The molecule has 2 aromatic carbocycles. The molecule has 0 unspecified atom stereocenters. The van der Waals surface area contributed by atoms with Gasteiger partial charge in [-0.05, 0) is 43.3 Å². The van der Waals surface area contributed by atoms with Gasteiger partial charge in [0.1, 0.15) is 17.6 Å². The Balaban J connectivity index is 2.32. The molecule has 0 radical (unpaired) electrons. The Kier molecular flexibility index (Phi) is 5.76. The molecule has 0 amide bonds. The summed E-state index contributed by atoms with van der Waals surface area (Å²) in [5.74, 6) is 0.387. The summed E-state index contributed by atoms with van der Waals surface area (Å²) >= 11 is 3.32. The van der Waals surface area contributed by atoms with Crippen LogP contribution in [-0.2, 0) is 0 Å². The van der Waals surface area contributed by atoms with Gasteiger partial charge in [0, 0.05) is 10.0 Å². The fourth-order valence-corrected chi connectivity index (χ4v) is 2.30. The quantitative estimate of drug-likeness (QED) is 0.433. The first-order chi connectivity index (χ1) is 11.1. The normalized spacial score (nSPS) is 10.0. The molecule has 0 aliphatic heterocycles. The predicted octanol–water partition coefficient (Wildman–Crippen LogP) is 3.89. The SMILES string of the molecule is CCOc1ccc(Br)cc1C(=O)Oc1ccc(C=O)cc1OC. The second-order valence-corrected chi connectivity index (χ2v) is 5.41. The largest absolute Gasteiger partial charge is 0.493 e. The van der Waals surface area contributed by atoms with Gasteiger partial charge >= 0.3 is 5.97 Å². The van der Waals surface area contributed by atoms with Gasteiger partial charge in [-0.3, -0.25) is 4.79 Å². The third kappa shape index (κ3) is 4.10. The monoisotopic (exact) mass is 378 g/mol. The molecule has 0 aliphatic carbocycles. The molecule has 6 heteroatoms. The van der Waals surface area contributed by atoms with E-state index in [0.717, 1.165) is 4.47 Å². The number of halogens is 1. The van der Waals surface area contributed by atoms with Crippen molar-refractivity contribution in [2.75, 3.05) is 13.7 Å². The molecule has 0 N–H and O–H groups in total. The summed E-state index contributed by atoms with van der Waals surface area (Å²) in [6.07, 6.45) is 0.690. The van der Waals surface area contributed by atoms with E-state index in [1.54, 1.807) is 24.3 Å². The summed E-state index contributed by atoms with van der Waals surface area (Å²) in [5.41, 5.74) is 0.724. The molecule has 0 fully saturated rings. The zero-order valence-corrected chi connectivity index (χ0v) is 14.3. The topological polar surface area (TPSA) is 61.8 Å². The van der Waals surface area contributed by atoms with E-state index in [4.69, 9.17) is 14.2 Å². The van der Waals surface area contributed by atoms with E-state index in [1.165, 1.54) is 19.2 Å². The molecule has 0 saturated heterocycles. The summed E-state index contributed by atoms with van der Waals surface area (Å²) in [5, 5.41) is 0. The fraction of sp³-hybridized carbons (Fsp3) is 0.176. The molecule has 0 atom stereocenters. The van der Waals surface area contributed by atoms with Crippen molar-refractivity contribution in [1.29, 1.82) is 0 Å². The molecule has 0 aromatic heterocycles. The van der Waals surface area contributed by atoms with Crippen molar-refractivity contribution in [3.05, 3.63) is 52.0 Å². The van der Waals surface area contributed by atoms with Gasteiger partial charge in [0.05, 0.1) is 13.7 Å². The summed E-state index contributed by atoms with van der Waals surface area (Å²) in [4.78, 5) is 23.2. The average Bonchev–Trinajstić information content (AvgIpc) is 2.56. The molecule has 0 spiro atoms. The maximum Gasteiger partial charge on any atom is 0.347 e. The van der Waals surface area contributed by atoms with Crippen LogP contribution in [0.4, 0.5) is 0 Å². The summed E-state index contributed by atoms with van der Waals surface area (Å²) in [6, 6.07) is 9.65. The number of hydrogen-bond acceptors (Lipinski definition) is 5. The third-order valence-corrected chi connectivity index (χ3v) is 3.48. The van der Waals surface area contributed by atoms with Crippen molar-refractivity contribution in [2.24, 2.45) is 0 Å². The van der Waals surface area contributed by atoms with Gasteiger partial charge in [-0.15, -0.1) is 0 Å². The van der Waals surface area contributed by atoms with Gasteiger partial charge in [0.15, 0.2) is 11.5 Å². The zero-order chi connectivity index (χ0) is 16.8. The first kappa shape index (κ1) is 17.0. The van der Waals surface area contributed by atoms with E-state index >= 15 is 0 Å². The Morgan fingerprint density at radius 3 is 2.52 bits per heavy atom. The lowest BCUT2D eigenvalue weighted by atomic mass is 10.2. The van der Waals surface area contributed by atoms with Crippen LogP contribution in [0.3, 0.4) is 0 Å². The van der Waals surface area contributed by atoms with Gasteiger partial charge in [-0.1, -0.05) is 15.9 Å². The van der Waals surface area contributed by atoms with Crippen molar-refractivity contribution < 1.29 is 23.8 Å². The first-order valence-corrected chi connectivity index (χ1v) is 7.66. The Morgan fingerprint density at radius 1 is 1.13 bits per heavy atom. The van der Waals surface area contributed by atoms with E-state index in [-0.39, 0.29) is 5.75 Å². The highest BCUT2D eigenvalue weighted by molar-refractivity contribution is 9.10. The van der Waals surface area contributed by atoms with Crippen LogP contribution in [0.1, 0.15) is 27.6 Å². The third-order valence-electron chi connectivity index (χ3n) is 2.99. The highest BCUT2D eigenvalue weighted by Crippen LogP contribution is 2.30. The number of methoxy groups -OCH3 is 1. The van der Waals surface area contributed by atoms with Crippen molar-refractivity contribution >= 4 is 28.2 Å². The lowest BCUT2D eigenvalue weighted by Gasteiger charge is -2.12. The zero-order valence-electron chi connectivity index (χ0n) is 12.7. The molecular formula is C17H15BrO5. The maximum absolute atomic E-state index is 12.4. The Labute approximate surface area is 142 Å². The van der Waals surface area contributed by atoms with E-state index in [9.17, 15) is 9.59 Å². The van der Waals surface area contributed by atoms with Gasteiger partial charge in [-0.2, -0.15) is 0 Å². The Hall–Kier alpha value is -2.34. The fourth-order valence-electron chi connectivity index (χ4n) is 1.94. The van der Waals surface area contributed by atoms with E-state index in [0.29, 0.717) is 35.5 Å². The molecule has 0 saturated carbocycles. The second kappa shape index (κ2) is 7.78. The van der Waals surface area contributed by atoms with Crippen LogP contribution in [0.5, 0.6) is 17.2 Å². The van der Waals surface area contributed by atoms with Crippen LogP contribution in [0.25, 0.3) is 0 Å². The number of rotatable bonds is 6. The van der Waals surface area contributed by atoms with Crippen molar-refractivity contribution in [2.45, 2.75) is 6.92 Å². The van der Waals surface area contributed by atoms with Crippen molar-refractivity contribution in [3.63, 3.8) is 0 Å². The van der Waals surface area contributed by atoms with Crippen molar-refractivity contribution in [1.82, 2.24) is 0 Å². The highest BCUT2D eigenvalue weighted by atomic mass is 79.9. The highest BCUT2D eigenvalue weighted by Gasteiger charge is 2.18. The lowest BCUT2D eigenvalue weighted by molar-refractivity contribution is 0.0725. The molecule has 5 nitrogen and oxygen atoms in total. The van der Waals surface area contributed by atoms with Crippen LogP contribution in [0.15, 0.2) is 40.9 Å². The number of ether oxygens (including phenoxy) is 3. The molecule has 2 rings (SSSR count). The van der Waals surface area contributed by atoms with Gasteiger partial charge in [-0.25, -0.2) is 4.79 Å². The van der Waals surface area contributed by atoms with Crippen LogP contribution < -0.4 is 14.2 Å². The van der Waals surface area contributed by atoms with Crippen LogP contribution in [0, 0.1) is 0 Å². The number of hydrogen-bond donors (Lipinski definition) is 0. The average molecular weight is 379 g/mol. The first-order valence-electron chi connectivity index (χ1n) is 6.86.